The molecule has 1 N–H and O–H groups in total. The normalized spacial score (nSPS) is 21.7. The molecule has 23 heavy (non-hydrogen) atoms. The van der Waals surface area contributed by atoms with Gasteiger partial charge in [-0.15, -0.1) is 0 Å². The highest BCUT2D eigenvalue weighted by atomic mass is 79.9. The highest BCUT2D eigenvalue weighted by molar-refractivity contribution is 9.10. The van der Waals surface area contributed by atoms with Crippen molar-refractivity contribution in [1.82, 2.24) is 5.32 Å². The Morgan fingerprint density at radius 3 is 2.52 bits per heavy atom. The zero-order valence-corrected chi connectivity index (χ0v) is 15.7. The predicted octanol–water partition coefficient (Wildman–Crippen LogP) is 4.80. The third kappa shape index (κ3) is 6.51. The van der Waals surface area contributed by atoms with Gasteiger partial charge in [0.2, 0.25) is 0 Å². The second kappa shape index (κ2) is 8.15. The maximum Gasteiger partial charge on any atom is 0.407 e. The number of nitrogens with one attached hydrogen (secondary N) is 1. The third-order valence-corrected chi connectivity index (χ3v) is 4.31. The average Bonchev–Trinajstić information content (AvgIpc) is 2.46. The van der Waals surface area contributed by atoms with Crippen LogP contribution in [0.15, 0.2) is 28.7 Å². The number of alkyl carbamates (subject to hydrolysis) is 1. The van der Waals surface area contributed by atoms with Gasteiger partial charge >= 0.3 is 6.09 Å². The molecule has 1 aromatic carbocycles. The first-order valence-electron chi connectivity index (χ1n) is 8.19. The van der Waals surface area contributed by atoms with Gasteiger partial charge in [-0.1, -0.05) is 40.9 Å². The molecule has 0 radical (unpaired) electrons. The van der Waals surface area contributed by atoms with Crippen LogP contribution in [0.5, 0.6) is 0 Å². The molecule has 1 saturated carbocycles. The first-order valence-corrected chi connectivity index (χ1v) is 8.98. The van der Waals surface area contributed by atoms with Gasteiger partial charge in [0, 0.05) is 4.47 Å². The van der Waals surface area contributed by atoms with Crippen LogP contribution in [0.2, 0.25) is 0 Å². The van der Waals surface area contributed by atoms with Crippen molar-refractivity contribution in [1.29, 1.82) is 0 Å². The topological polar surface area (TPSA) is 47.6 Å². The number of carbonyl (C=O) groups excluding carboxylic acids is 1. The molecule has 1 aromatic rings. The minimum Gasteiger partial charge on any atom is -0.444 e. The van der Waals surface area contributed by atoms with Gasteiger partial charge in [-0.3, -0.25) is 0 Å². The monoisotopic (exact) mass is 383 g/mol. The molecule has 2 atom stereocenters. The Balaban J connectivity index is 1.87. The maximum absolute atomic E-state index is 12.0. The van der Waals surface area contributed by atoms with E-state index in [1.54, 1.807) is 0 Å². The summed E-state index contributed by atoms with van der Waals surface area (Å²) in [6, 6.07) is 8.13. The van der Waals surface area contributed by atoms with E-state index in [9.17, 15) is 4.79 Å². The van der Waals surface area contributed by atoms with Crippen LogP contribution >= 0.6 is 15.9 Å². The smallest absolute Gasteiger partial charge is 0.407 e. The summed E-state index contributed by atoms with van der Waals surface area (Å²) in [5, 5.41) is 2.98. The van der Waals surface area contributed by atoms with Crippen molar-refractivity contribution in [2.75, 3.05) is 0 Å². The van der Waals surface area contributed by atoms with Crippen LogP contribution in [-0.4, -0.2) is 23.8 Å². The Bertz CT molecular complexity index is 510. The highest BCUT2D eigenvalue weighted by Crippen LogP contribution is 2.23. The SMILES string of the molecule is CC(C)(C)OC(=O)N[C@@H]1CCCC[C@H]1OCc1ccc(Br)cc1. The van der Waals surface area contributed by atoms with E-state index in [4.69, 9.17) is 9.47 Å². The number of hydrogen-bond donors (Lipinski definition) is 1. The van der Waals surface area contributed by atoms with Crippen molar-refractivity contribution in [3.63, 3.8) is 0 Å². The van der Waals surface area contributed by atoms with E-state index in [0.717, 1.165) is 35.7 Å². The van der Waals surface area contributed by atoms with Crippen molar-refractivity contribution in [2.45, 2.75) is 70.8 Å². The molecule has 0 bridgehead atoms. The Morgan fingerprint density at radius 2 is 1.87 bits per heavy atom. The highest BCUT2D eigenvalue weighted by Gasteiger charge is 2.29. The van der Waals surface area contributed by atoms with Crippen molar-refractivity contribution in [2.24, 2.45) is 0 Å². The van der Waals surface area contributed by atoms with E-state index in [-0.39, 0.29) is 18.2 Å². The standard InChI is InChI=1S/C18H26BrNO3/c1-18(2,3)23-17(21)20-15-6-4-5-7-16(15)22-12-13-8-10-14(19)11-9-13/h8-11,15-16H,4-7,12H2,1-3H3,(H,20,21)/t15-,16-/m1/s1. The van der Waals surface area contributed by atoms with Gasteiger partial charge in [0.1, 0.15) is 5.60 Å². The largest absolute Gasteiger partial charge is 0.444 e. The average molecular weight is 384 g/mol. The molecule has 1 fully saturated rings. The van der Waals surface area contributed by atoms with E-state index >= 15 is 0 Å². The Hall–Kier alpha value is -1.07. The molecular formula is C18H26BrNO3. The minimum absolute atomic E-state index is 0.0223. The molecule has 1 amide bonds. The summed E-state index contributed by atoms with van der Waals surface area (Å²) in [6.07, 6.45) is 3.83. The lowest BCUT2D eigenvalue weighted by atomic mass is 9.92. The molecule has 0 unspecified atom stereocenters. The quantitative estimate of drug-likeness (QED) is 0.811. The lowest BCUT2D eigenvalue weighted by Gasteiger charge is -2.32. The second-order valence-electron chi connectivity index (χ2n) is 7.01. The number of rotatable bonds is 4. The summed E-state index contributed by atoms with van der Waals surface area (Å²) in [4.78, 5) is 12.0. The number of hydrogen-bond acceptors (Lipinski definition) is 3. The van der Waals surface area contributed by atoms with Crippen LogP contribution in [0, 0.1) is 0 Å². The molecule has 128 valence electrons. The number of benzene rings is 1. The summed E-state index contributed by atoms with van der Waals surface area (Å²) in [5.74, 6) is 0. The fourth-order valence-electron chi connectivity index (χ4n) is 2.70. The lowest BCUT2D eigenvalue weighted by Crippen LogP contribution is -2.47. The number of amides is 1. The Morgan fingerprint density at radius 1 is 1.22 bits per heavy atom. The molecule has 2 rings (SSSR count). The Labute approximate surface area is 147 Å². The summed E-state index contributed by atoms with van der Waals surface area (Å²) >= 11 is 3.43. The summed E-state index contributed by atoms with van der Waals surface area (Å²) in [6.45, 7) is 6.17. The fraction of sp³-hybridized carbons (Fsp3) is 0.611. The van der Waals surface area contributed by atoms with Gasteiger partial charge in [-0.05, 0) is 51.3 Å². The molecule has 0 aliphatic heterocycles. The molecular weight excluding hydrogens is 358 g/mol. The van der Waals surface area contributed by atoms with E-state index in [1.807, 2.05) is 45.0 Å². The van der Waals surface area contributed by atoms with Crippen molar-refractivity contribution < 1.29 is 14.3 Å². The second-order valence-corrected chi connectivity index (χ2v) is 7.93. The fourth-order valence-corrected chi connectivity index (χ4v) is 2.97. The van der Waals surface area contributed by atoms with Crippen LogP contribution in [0.4, 0.5) is 4.79 Å². The Kier molecular flexibility index (Phi) is 6.48. The van der Waals surface area contributed by atoms with Gasteiger partial charge in [-0.25, -0.2) is 4.79 Å². The third-order valence-electron chi connectivity index (χ3n) is 3.78. The van der Waals surface area contributed by atoms with Crippen molar-refractivity contribution >= 4 is 22.0 Å². The van der Waals surface area contributed by atoms with Gasteiger partial charge < -0.3 is 14.8 Å². The first-order chi connectivity index (χ1) is 10.8. The predicted molar refractivity (Wildman–Crippen MR) is 94.3 cm³/mol. The number of carbonyl (C=O) groups is 1. The zero-order valence-electron chi connectivity index (χ0n) is 14.1. The van der Waals surface area contributed by atoms with Crippen LogP contribution < -0.4 is 5.32 Å². The molecule has 0 saturated heterocycles. The van der Waals surface area contributed by atoms with Crippen LogP contribution in [0.25, 0.3) is 0 Å². The van der Waals surface area contributed by atoms with Crippen LogP contribution in [-0.2, 0) is 16.1 Å². The number of halogens is 1. The molecule has 0 heterocycles. The number of ether oxygens (including phenoxy) is 2. The van der Waals surface area contributed by atoms with Crippen molar-refractivity contribution in [3.8, 4) is 0 Å². The lowest BCUT2D eigenvalue weighted by molar-refractivity contribution is -0.0113. The molecule has 1 aliphatic rings. The van der Waals surface area contributed by atoms with E-state index in [2.05, 4.69) is 21.2 Å². The van der Waals surface area contributed by atoms with E-state index < -0.39 is 5.60 Å². The first kappa shape index (κ1) is 18.3. The van der Waals surface area contributed by atoms with Crippen molar-refractivity contribution in [3.05, 3.63) is 34.3 Å². The van der Waals surface area contributed by atoms with Gasteiger partial charge in [0.05, 0.1) is 18.8 Å². The zero-order chi connectivity index (χ0) is 16.9. The molecule has 1 aliphatic carbocycles. The molecule has 5 heteroatoms. The van der Waals surface area contributed by atoms with Crippen LogP contribution in [0.1, 0.15) is 52.0 Å². The summed E-state index contributed by atoms with van der Waals surface area (Å²) in [5.41, 5.74) is 0.654. The molecule has 0 aromatic heterocycles. The maximum atomic E-state index is 12.0. The molecule has 4 nitrogen and oxygen atoms in total. The van der Waals surface area contributed by atoms with Gasteiger partial charge in [0.25, 0.3) is 0 Å². The summed E-state index contributed by atoms with van der Waals surface area (Å²) in [7, 11) is 0. The molecule has 0 spiro atoms. The van der Waals surface area contributed by atoms with E-state index in [1.165, 1.54) is 0 Å². The van der Waals surface area contributed by atoms with Crippen LogP contribution in [0.3, 0.4) is 0 Å². The summed E-state index contributed by atoms with van der Waals surface area (Å²) < 4.78 is 12.5. The van der Waals surface area contributed by atoms with Gasteiger partial charge in [0.15, 0.2) is 0 Å². The van der Waals surface area contributed by atoms with E-state index in [0.29, 0.717) is 6.61 Å². The van der Waals surface area contributed by atoms with Gasteiger partial charge in [-0.2, -0.15) is 0 Å². The minimum atomic E-state index is -0.480.